The zero-order valence-corrected chi connectivity index (χ0v) is 18.9. The van der Waals surface area contributed by atoms with E-state index in [1.807, 2.05) is 47.4 Å². The lowest BCUT2D eigenvalue weighted by Gasteiger charge is -2.35. The predicted molar refractivity (Wildman–Crippen MR) is 123 cm³/mol. The van der Waals surface area contributed by atoms with Gasteiger partial charge in [-0.25, -0.2) is 4.79 Å². The van der Waals surface area contributed by atoms with Crippen LogP contribution in [0.25, 0.3) is 0 Å². The van der Waals surface area contributed by atoms with E-state index in [9.17, 15) is 14.4 Å². The Balaban J connectivity index is 1.88. The fourth-order valence-corrected chi connectivity index (χ4v) is 5.05. The van der Waals surface area contributed by atoms with Gasteiger partial charge in [0.25, 0.3) is 0 Å². The van der Waals surface area contributed by atoms with Crippen molar-refractivity contribution in [2.45, 2.75) is 38.6 Å². The number of rotatable bonds is 5. The SMILES string of the molecule is CCOC(=O)Nc1ccc2c(c1)[C@]1(CC(=O)N(CC(C)C)C1c1ccccc1)C(=O)N2C. The monoisotopic (exact) mass is 435 g/mol. The number of carbonyl (C=O) groups is 3. The number of likely N-dealkylation sites (N-methyl/N-ethyl adjacent to an activating group) is 1. The maximum atomic E-state index is 13.8. The Labute approximate surface area is 188 Å². The number of hydrogen-bond donors (Lipinski definition) is 1. The van der Waals surface area contributed by atoms with Crippen LogP contribution in [-0.4, -0.2) is 43.0 Å². The van der Waals surface area contributed by atoms with Crippen LogP contribution in [0.5, 0.6) is 0 Å². The number of anilines is 2. The number of carbonyl (C=O) groups excluding carboxylic acids is 3. The van der Waals surface area contributed by atoms with Crippen LogP contribution < -0.4 is 10.2 Å². The van der Waals surface area contributed by atoms with Crippen LogP contribution in [0.2, 0.25) is 0 Å². The molecule has 2 aliphatic heterocycles. The highest BCUT2D eigenvalue weighted by molar-refractivity contribution is 6.12. The molecule has 2 aromatic carbocycles. The fraction of sp³-hybridized carbons (Fsp3) is 0.400. The molecule has 32 heavy (non-hydrogen) atoms. The number of nitrogens with zero attached hydrogens (tertiary/aromatic N) is 2. The topological polar surface area (TPSA) is 79.0 Å². The van der Waals surface area contributed by atoms with Gasteiger partial charge in [0.05, 0.1) is 12.6 Å². The average molecular weight is 436 g/mol. The maximum absolute atomic E-state index is 13.8. The number of ether oxygens (including phenoxy) is 1. The molecule has 7 nitrogen and oxygen atoms in total. The third-order valence-corrected chi connectivity index (χ3v) is 6.25. The molecule has 2 heterocycles. The van der Waals surface area contributed by atoms with Gasteiger partial charge in [-0.2, -0.15) is 0 Å². The van der Waals surface area contributed by atoms with Gasteiger partial charge >= 0.3 is 6.09 Å². The summed E-state index contributed by atoms with van der Waals surface area (Å²) in [5.74, 6) is 0.117. The molecule has 0 saturated carbocycles. The van der Waals surface area contributed by atoms with Gasteiger partial charge in [-0.3, -0.25) is 14.9 Å². The van der Waals surface area contributed by atoms with Gasteiger partial charge in [-0.05, 0) is 42.2 Å². The summed E-state index contributed by atoms with van der Waals surface area (Å²) in [5.41, 5.74) is 1.92. The highest BCUT2D eigenvalue weighted by Gasteiger charge is 2.63. The molecule has 2 aliphatic rings. The summed E-state index contributed by atoms with van der Waals surface area (Å²) in [6.45, 7) is 6.70. The number of fused-ring (bicyclic) bond motifs is 2. The molecule has 0 aromatic heterocycles. The zero-order valence-electron chi connectivity index (χ0n) is 18.9. The number of amides is 3. The lowest BCUT2D eigenvalue weighted by atomic mass is 9.72. The minimum absolute atomic E-state index is 0.0362. The number of likely N-dealkylation sites (tertiary alicyclic amines) is 1. The molecule has 1 saturated heterocycles. The van der Waals surface area contributed by atoms with Gasteiger partial charge in [0.15, 0.2) is 0 Å². The molecule has 3 amide bonds. The molecule has 1 unspecified atom stereocenters. The molecule has 4 rings (SSSR count). The number of benzene rings is 2. The van der Waals surface area contributed by atoms with E-state index in [-0.39, 0.29) is 30.8 Å². The largest absolute Gasteiger partial charge is 0.450 e. The molecule has 0 radical (unpaired) electrons. The van der Waals surface area contributed by atoms with E-state index in [1.54, 1.807) is 24.9 Å². The molecule has 2 atom stereocenters. The summed E-state index contributed by atoms with van der Waals surface area (Å²) in [7, 11) is 1.74. The summed E-state index contributed by atoms with van der Waals surface area (Å²) < 4.78 is 5.00. The van der Waals surface area contributed by atoms with Crippen LogP contribution in [0.4, 0.5) is 16.2 Å². The van der Waals surface area contributed by atoms with Crippen molar-refractivity contribution in [3.63, 3.8) is 0 Å². The Morgan fingerprint density at radius 2 is 1.91 bits per heavy atom. The van der Waals surface area contributed by atoms with Crippen LogP contribution in [0.15, 0.2) is 48.5 Å². The quantitative estimate of drug-likeness (QED) is 0.767. The second-order valence-electron chi connectivity index (χ2n) is 8.84. The van der Waals surface area contributed by atoms with Crippen molar-refractivity contribution in [1.82, 2.24) is 4.90 Å². The molecule has 7 heteroatoms. The van der Waals surface area contributed by atoms with E-state index in [0.29, 0.717) is 12.2 Å². The normalized spacial score (nSPS) is 22.1. The van der Waals surface area contributed by atoms with Crippen molar-refractivity contribution in [3.05, 3.63) is 59.7 Å². The van der Waals surface area contributed by atoms with Gasteiger partial charge in [-0.1, -0.05) is 44.2 Å². The molecule has 0 bridgehead atoms. The van der Waals surface area contributed by atoms with Crippen molar-refractivity contribution >= 4 is 29.3 Å². The Hall–Kier alpha value is -3.35. The standard InChI is InChI=1S/C25H29N3O4/c1-5-32-24(31)26-18-11-12-20-19(13-18)25(23(30)27(20)4)14-21(29)28(15-16(2)3)22(25)17-9-7-6-8-10-17/h6-13,16,22H,5,14-15H2,1-4H3,(H,26,31)/t22?,25-/m0/s1. The Kier molecular flexibility index (Phi) is 5.67. The summed E-state index contributed by atoms with van der Waals surface area (Å²) in [5, 5.41) is 2.73. The first-order valence-corrected chi connectivity index (χ1v) is 11.0. The van der Waals surface area contributed by atoms with Crippen molar-refractivity contribution in [2.75, 3.05) is 30.4 Å². The molecule has 168 valence electrons. The second-order valence-corrected chi connectivity index (χ2v) is 8.84. The second kappa shape index (κ2) is 8.30. The predicted octanol–water partition coefficient (Wildman–Crippen LogP) is 4.10. The zero-order chi connectivity index (χ0) is 23.0. The molecule has 1 spiro atoms. The van der Waals surface area contributed by atoms with Crippen LogP contribution in [0.1, 0.15) is 44.4 Å². The minimum Gasteiger partial charge on any atom is -0.450 e. The molecule has 0 aliphatic carbocycles. The van der Waals surface area contributed by atoms with E-state index in [4.69, 9.17) is 4.74 Å². The van der Waals surface area contributed by atoms with Crippen LogP contribution in [0.3, 0.4) is 0 Å². The van der Waals surface area contributed by atoms with Crippen molar-refractivity contribution in [2.24, 2.45) is 5.92 Å². The first kappa shape index (κ1) is 21.9. The number of nitrogens with one attached hydrogen (secondary N) is 1. The first-order valence-electron chi connectivity index (χ1n) is 11.0. The fourth-order valence-electron chi connectivity index (χ4n) is 5.05. The number of hydrogen-bond acceptors (Lipinski definition) is 4. The van der Waals surface area contributed by atoms with E-state index in [1.165, 1.54) is 0 Å². The van der Waals surface area contributed by atoms with Crippen molar-refractivity contribution < 1.29 is 19.1 Å². The summed E-state index contributed by atoms with van der Waals surface area (Å²) in [6, 6.07) is 14.7. The lowest BCUT2D eigenvalue weighted by Crippen LogP contribution is -2.44. The van der Waals surface area contributed by atoms with Gasteiger partial charge in [0.1, 0.15) is 5.41 Å². The van der Waals surface area contributed by atoms with Crippen LogP contribution in [0, 0.1) is 5.92 Å². The first-order chi connectivity index (χ1) is 15.3. The van der Waals surface area contributed by atoms with E-state index >= 15 is 0 Å². The van der Waals surface area contributed by atoms with E-state index in [0.717, 1.165) is 16.8 Å². The van der Waals surface area contributed by atoms with Gasteiger partial charge < -0.3 is 14.5 Å². The van der Waals surface area contributed by atoms with Crippen molar-refractivity contribution in [1.29, 1.82) is 0 Å². The molecular weight excluding hydrogens is 406 g/mol. The van der Waals surface area contributed by atoms with Crippen molar-refractivity contribution in [3.8, 4) is 0 Å². The van der Waals surface area contributed by atoms with Gasteiger partial charge in [-0.15, -0.1) is 0 Å². The minimum atomic E-state index is -1.05. The van der Waals surface area contributed by atoms with E-state index < -0.39 is 17.6 Å². The van der Waals surface area contributed by atoms with Crippen LogP contribution >= 0.6 is 0 Å². The van der Waals surface area contributed by atoms with E-state index in [2.05, 4.69) is 19.2 Å². The lowest BCUT2D eigenvalue weighted by molar-refractivity contribution is -0.129. The summed E-state index contributed by atoms with van der Waals surface area (Å²) >= 11 is 0. The Bertz CT molecular complexity index is 1050. The Morgan fingerprint density at radius 1 is 1.19 bits per heavy atom. The highest BCUT2D eigenvalue weighted by Crippen LogP contribution is 2.57. The van der Waals surface area contributed by atoms with Crippen LogP contribution in [-0.2, 0) is 19.7 Å². The molecule has 2 aromatic rings. The molecular formula is C25H29N3O4. The maximum Gasteiger partial charge on any atom is 0.411 e. The smallest absolute Gasteiger partial charge is 0.411 e. The third kappa shape index (κ3) is 3.42. The molecule has 1 fully saturated rings. The Morgan fingerprint density at radius 3 is 2.56 bits per heavy atom. The van der Waals surface area contributed by atoms with Gasteiger partial charge in [0.2, 0.25) is 11.8 Å². The summed E-state index contributed by atoms with van der Waals surface area (Å²) in [4.78, 5) is 42.6. The summed E-state index contributed by atoms with van der Waals surface area (Å²) in [6.07, 6.45) is -0.457. The van der Waals surface area contributed by atoms with Gasteiger partial charge in [0, 0.05) is 31.4 Å². The highest BCUT2D eigenvalue weighted by atomic mass is 16.5. The molecule has 1 N–H and O–H groups in total. The third-order valence-electron chi connectivity index (χ3n) is 6.25. The average Bonchev–Trinajstić information content (AvgIpc) is 3.15.